The number of fused-ring (bicyclic) bond motifs is 1. The summed E-state index contributed by atoms with van der Waals surface area (Å²) in [6.07, 6.45) is 7.19. The SMILES string of the molecule is CN/C=C1/C=C(c2oc3c(C(C)C)cc(C)cc3c(=O)c2C)C=CC1=N. The summed E-state index contributed by atoms with van der Waals surface area (Å²) >= 11 is 0. The summed E-state index contributed by atoms with van der Waals surface area (Å²) < 4.78 is 6.28. The summed E-state index contributed by atoms with van der Waals surface area (Å²) in [4.78, 5) is 13.0. The van der Waals surface area contributed by atoms with Crippen LogP contribution in [0.5, 0.6) is 0 Å². The Morgan fingerprint density at radius 1 is 1.19 bits per heavy atom. The molecule has 0 fully saturated rings. The zero-order chi connectivity index (χ0) is 19.0. The van der Waals surface area contributed by atoms with Gasteiger partial charge >= 0.3 is 0 Å². The molecule has 4 heteroatoms. The molecule has 0 saturated carbocycles. The van der Waals surface area contributed by atoms with Gasteiger partial charge in [-0.2, -0.15) is 0 Å². The third kappa shape index (κ3) is 3.03. The molecule has 0 amide bonds. The molecule has 1 aliphatic rings. The zero-order valence-corrected chi connectivity index (χ0v) is 15.9. The Morgan fingerprint density at radius 2 is 1.92 bits per heavy atom. The van der Waals surface area contributed by atoms with Crippen LogP contribution in [0.3, 0.4) is 0 Å². The van der Waals surface area contributed by atoms with E-state index in [1.807, 2.05) is 25.1 Å². The van der Waals surface area contributed by atoms with E-state index >= 15 is 0 Å². The Morgan fingerprint density at radius 3 is 2.58 bits per heavy atom. The van der Waals surface area contributed by atoms with Crippen LogP contribution in [-0.2, 0) is 0 Å². The second-order valence-electron chi connectivity index (χ2n) is 7.01. The van der Waals surface area contributed by atoms with E-state index in [0.29, 0.717) is 28.0 Å². The van der Waals surface area contributed by atoms with Gasteiger partial charge < -0.3 is 15.1 Å². The van der Waals surface area contributed by atoms with Gasteiger partial charge in [0.15, 0.2) is 5.43 Å². The largest absolute Gasteiger partial charge is 0.455 e. The summed E-state index contributed by atoms with van der Waals surface area (Å²) in [5.74, 6) is 0.818. The van der Waals surface area contributed by atoms with E-state index in [0.717, 1.165) is 22.3 Å². The van der Waals surface area contributed by atoms with Crippen molar-refractivity contribution < 1.29 is 4.42 Å². The van der Waals surface area contributed by atoms with Gasteiger partial charge in [0.2, 0.25) is 0 Å². The van der Waals surface area contributed by atoms with E-state index in [2.05, 4.69) is 25.2 Å². The minimum Gasteiger partial charge on any atom is -0.455 e. The number of allylic oxidation sites excluding steroid dienone is 5. The minimum absolute atomic E-state index is 0.000876. The molecule has 1 aliphatic carbocycles. The lowest BCUT2D eigenvalue weighted by molar-refractivity contribution is 0.574. The maximum Gasteiger partial charge on any atom is 0.196 e. The van der Waals surface area contributed by atoms with Crippen molar-refractivity contribution >= 4 is 22.3 Å². The number of hydrogen-bond acceptors (Lipinski definition) is 4. The van der Waals surface area contributed by atoms with Crippen molar-refractivity contribution in [3.05, 3.63) is 74.8 Å². The van der Waals surface area contributed by atoms with Gasteiger partial charge in [-0.05, 0) is 55.2 Å². The highest BCUT2D eigenvalue weighted by atomic mass is 16.3. The zero-order valence-electron chi connectivity index (χ0n) is 15.9. The average Bonchev–Trinajstić information content (AvgIpc) is 2.60. The van der Waals surface area contributed by atoms with Gasteiger partial charge in [-0.1, -0.05) is 19.9 Å². The highest BCUT2D eigenvalue weighted by Crippen LogP contribution is 2.31. The monoisotopic (exact) mass is 348 g/mol. The first-order valence-electron chi connectivity index (χ1n) is 8.78. The Balaban J connectivity index is 2.32. The molecule has 0 atom stereocenters. The van der Waals surface area contributed by atoms with Crippen molar-refractivity contribution in [2.45, 2.75) is 33.6 Å². The molecular formula is C22H24N2O2. The van der Waals surface area contributed by atoms with Crippen molar-refractivity contribution in [3.8, 4) is 0 Å². The molecule has 2 aromatic rings. The average molecular weight is 348 g/mol. The van der Waals surface area contributed by atoms with E-state index < -0.39 is 0 Å². The second kappa shape index (κ2) is 6.79. The Kier molecular flexibility index (Phi) is 4.68. The Bertz CT molecular complexity index is 1050. The lowest BCUT2D eigenvalue weighted by atomic mass is 9.94. The van der Waals surface area contributed by atoms with Crippen LogP contribution in [0.25, 0.3) is 16.5 Å². The fraction of sp³-hybridized carbons (Fsp3) is 0.273. The van der Waals surface area contributed by atoms with Crippen LogP contribution in [0.15, 0.2) is 51.3 Å². The van der Waals surface area contributed by atoms with Gasteiger partial charge in [0, 0.05) is 30.0 Å². The molecule has 1 aromatic heterocycles. The third-order valence-electron chi connectivity index (χ3n) is 4.63. The number of nitrogens with one attached hydrogen (secondary N) is 2. The molecule has 2 N–H and O–H groups in total. The molecule has 4 nitrogen and oxygen atoms in total. The molecule has 0 bridgehead atoms. The first kappa shape index (κ1) is 17.9. The molecule has 3 rings (SSSR count). The van der Waals surface area contributed by atoms with Crippen molar-refractivity contribution in [1.29, 1.82) is 5.41 Å². The quantitative estimate of drug-likeness (QED) is 0.851. The molecule has 1 aromatic carbocycles. The lowest BCUT2D eigenvalue weighted by Crippen LogP contribution is -2.12. The van der Waals surface area contributed by atoms with E-state index in [9.17, 15) is 4.79 Å². The standard InChI is InChI=1S/C22H24N2O2/c1-12(2)17-8-13(3)9-18-20(25)14(4)21(26-22(17)18)15-6-7-19(23)16(10-15)11-24-5/h6-12,23-24H,1-5H3/b16-11-,23-19?. The predicted octanol–water partition coefficient (Wildman–Crippen LogP) is 4.61. The molecule has 134 valence electrons. The van der Waals surface area contributed by atoms with E-state index in [-0.39, 0.29) is 11.3 Å². The molecule has 0 aliphatic heterocycles. The van der Waals surface area contributed by atoms with Gasteiger partial charge in [-0.3, -0.25) is 4.79 Å². The normalized spacial score (nSPS) is 15.8. The van der Waals surface area contributed by atoms with Crippen LogP contribution in [0, 0.1) is 19.3 Å². The fourth-order valence-corrected chi connectivity index (χ4v) is 3.25. The first-order chi connectivity index (χ1) is 12.3. The fourth-order valence-electron chi connectivity index (χ4n) is 3.25. The summed E-state index contributed by atoms with van der Waals surface area (Å²) in [6.45, 7) is 8.00. The molecule has 0 unspecified atom stereocenters. The van der Waals surface area contributed by atoms with Gasteiger partial charge in [0.05, 0.1) is 11.1 Å². The molecule has 26 heavy (non-hydrogen) atoms. The van der Waals surface area contributed by atoms with E-state index in [1.54, 1.807) is 26.2 Å². The van der Waals surface area contributed by atoms with Gasteiger partial charge in [0.25, 0.3) is 0 Å². The summed E-state index contributed by atoms with van der Waals surface area (Å²) in [5.41, 5.74) is 5.32. The predicted molar refractivity (Wildman–Crippen MR) is 108 cm³/mol. The first-order valence-corrected chi connectivity index (χ1v) is 8.78. The van der Waals surface area contributed by atoms with Crippen LogP contribution < -0.4 is 10.7 Å². The molecule has 0 saturated heterocycles. The molecular weight excluding hydrogens is 324 g/mol. The van der Waals surface area contributed by atoms with Crippen molar-refractivity contribution in [1.82, 2.24) is 5.32 Å². The van der Waals surface area contributed by atoms with E-state index in [4.69, 9.17) is 9.83 Å². The highest BCUT2D eigenvalue weighted by molar-refractivity contribution is 6.13. The van der Waals surface area contributed by atoms with Crippen molar-refractivity contribution in [2.75, 3.05) is 7.05 Å². The van der Waals surface area contributed by atoms with Crippen LogP contribution in [-0.4, -0.2) is 12.8 Å². The number of hydrogen-bond donors (Lipinski definition) is 2. The van der Waals surface area contributed by atoms with Gasteiger partial charge in [-0.25, -0.2) is 0 Å². The van der Waals surface area contributed by atoms with Crippen molar-refractivity contribution in [3.63, 3.8) is 0 Å². The smallest absolute Gasteiger partial charge is 0.196 e. The third-order valence-corrected chi connectivity index (χ3v) is 4.63. The van der Waals surface area contributed by atoms with Crippen molar-refractivity contribution in [2.24, 2.45) is 0 Å². The second-order valence-corrected chi connectivity index (χ2v) is 7.01. The summed E-state index contributed by atoms with van der Waals surface area (Å²) in [5, 5.41) is 11.6. The maximum atomic E-state index is 13.0. The molecule has 0 spiro atoms. The van der Waals surface area contributed by atoms with Crippen LogP contribution in [0.4, 0.5) is 0 Å². The minimum atomic E-state index is 0.000876. The highest BCUT2D eigenvalue weighted by Gasteiger charge is 2.19. The van der Waals surface area contributed by atoms with Gasteiger partial charge in [-0.15, -0.1) is 0 Å². The lowest BCUT2D eigenvalue weighted by Gasteiger charge is -2.16. The number of aryl methyl sites for hydroxylation is 1. The summed E-state index contributed by atoms with van der Waals surface area (Å²) in [7, 11) is 1.80. The Hall–Kier alpha value is -2.88. The molecule has 0 radical (unpaired) electrons. The topological polar surface area (TPSA) is 66.1 Å². The van der Waals surface area contributed by atoms with E-state index in [1.165, 1.54) is 0 Å². The number of rotatable bonds is 3. The van der Waals surface area contributed by atoms with Crippen LogP contribution in [0.2, 0.25) is 0 Å². The van der Waals surface area contributed by atoms with Gasteiger partial charge in [0.1, 0.15) is 11.3 Å². The Labute approximate surface area is 153 Å². The molecule has 1 heterocycles. The summed E-state index contributed by atoms with van der Waals surface area (Å²) in [6, 6.07) is 3.99. The maximum absolute atomic E-state index is 13.0. The van der Waals surface area contributed by atoms with Crippen LogP contribution in [0.1, 0.15) is 42.2 Å². The van der Waals surface area contributed by atoms with Crippen LogP contribution >= 0.6 is 0 Å². The number of benzene rings is 1.